The van der Waals surface area contributed by atoms with E-state index in [9.17, 15) is 9.59 Å². The Bertz CT molecular complexity index is 747. The van der Waals surface area contributed by atoms with Crippen LogP contribution in [0.2, 0.25) is 0 Å². The van der Waals surface area contributed by atoms with Gasteiger partial charge in [-0.3, -0.25) is 14.6 Å². The van der Waals surface area contributed by atoms with Gasteiger partial charge < -0.3 is 9.80 Å². The molecule has 2 amide bonds. The maximum absolute atomic E-state index is 12.3. The van der Waals surface area contributed by atoms with E-state index in [2.05, 4.69) is 15.3 Å². The van der Waals surface area contributed by atoms with Gasteiger partial charge in [-0.1, -0.05) is 5.21 Å². The number of hydrogen-bond donors (Lipinski definition) is 0. The average Bonchev–Trinajstić information content (AvgIpc) is 3.26. The van der Waals surface area contributed by atoms with Crippen molar-refractivity contribution in [3.05, 3.63) is 42.0 Å². The molecule has 0 radical (unpaired) electrons. The topological polar surface area (TPSA) is 84.2 Å². The summed E-state index contributed by atoms with van der Waals surface area (Å²) in [4.78, 5) is 32.1. The van der Waals surface area contributed by atoms with Crippen molar-refractivity contribution in [3.8, 4) is 0 Å². The van der Waals surface area contributed by atoms with Crippen molar-refractivity contribution >= 4 is 11.8 Å². The zero-order valence-electron chi connectivity index (χ0n) is 13.2. The van der Waals surface area contributed by atoms with Gasteiger partial charge in [0.15, 0.2) is 5.69 Å². The molecule has 2 aliphatic rings. The Kier molecular flexibility index (Phi) is 3.72. The van der Waals surface area contributed by atoms with Crippen LogP contribution in [0.4, 0.5) is 0 Å². The van der Waals surface area contributed by atoms with Crippen molar-refractivity contribution in [3.63, 3.8) is 0 Å². The Morgan fingerprint density at radius 2 is 1.88 bits per heavy atom. The number of nitrogens with zero attached hydrogens (tertiary/aromatic N) is 6. The predicted octanol–water partition coefficient (Wildman–Crippen LogP) is 0.606. The van der Waals surface area contributed by atoms with Crippen molar-refractivity contribution in [2.24, 2.45) is 0 Å². The van der Waals surface area contributed by atoms with Gasteiger partial charge in [0, 0.05) is 38.6 Å². The summed E-state index contributed by atoms with van der Waals surface area (Å²) in [5.41, 5.74) is 0.966. The van der Waals surface area contributed by atoms with Crippen LogP contribution >= 0.6 is 0 Å². The molecule has 8 heteroatoms. The largest absolute Gasteiger partial charge is 0.337 e. The first kappa shape index (κ1) is 14.8. The van der Waals surface area contributed by atoms with Crippen molar-refractivity contribution in [1.29, 1.82) is 0 Å². The SMILES string of the molecule is O=C(c1cccnc1)N1CC(n2cc(C(=O)N3CCCC3)nn2)C1. The molecule has 0 aromatic carbocycles. The minimum absolute atomic E-state index is 0.0344. The van der Waals surface area contributed by atoms with E-state index in [0.29, 0.717) is 24.3 Å². The highest BCUT2D eigenvalue weighted by atomic mass is 16.2. The van der Waals surface area contributed by atoms with E-state index >= 15 is 0 Å². The van der Waals surface area contributed by atoms with Gasteiger partial charge in [0.25, 0.3) is 11.8 Å². The van der Waals surface area contributed by atoms with Gasteiger partial charge in [-0.2, -0.15) is 0 Å². The Balaban J connectivity index is 1.37. The molecular weight excluding hydrogens is 308 g/mol. The molecule has 0 saturated carbocycles. The standard InChI is InChI=1S/C16H18N6O2/c23-15(12-4-3-5-17-8-12)21-9-13(10-21)22-11-14(18-19-22)16(24)20-6-1-2-7-20/h3-5,8,11,13H,1-2,6-7,9-10H2. The molecule has 0 unspecified atom stereocenters. The van der Waals surface area contributed by atoms with E-state index < -0.39 is 0 Å². The Labute approximate surface area is 139 Å². The summed E-state index contributed by atoms with van der Waals surface area (Å²) in [5, 5.41) is 8.07. The third-order valence-corrected chi connectivity index (χ3v) is 4.55. The lowest BCUT2D eigenvalue weighted by Crippen LogP contribution is -2.50. The van der Waals surface area contributed by atoms with Crippen LogP contribution in [0.3, 0.4) is 0 Å². The number of pyridine rings is 1. The van der Waals surface area contributed by atoms with Gasteiger partial charge in [-0.15, -0.1) is 5.10 Å². The second kappa shape index (κ2) is 6.03. The van der Waals surface area contributed by atoms with E-state index in [0.717, 1.165) is 25.9 Å². The highest BCUT2D eigenvalue weighted by Gasteiger charge is 2.34. The van der Waals surface area contributed by atoms with Crippen LogP contribution < -0.4 is 0 Å². The molecule has 2 aliphatic heterocycles. The maximum Gasteiger partial charge on any atom is 0.276 e. The molecule has 2 fully saturated rings. The smallest absolute Gasteiger partial charge is 0.276 e. The number of carbonyl (C=O) groups is 2. The van der Waals surface area contributed by atoms with E-state index in [1.165, 1.54) is 0 Å². The molecule has 0 spiro atoms. The average molecular weight is 326 g/mol. The van der Waals surface area contributed by atoms with Gasteiger partial charge >= 0.3 is 0 Å². The van der Waals surface area contributed by atoms with Crippen LogP contribution in [0.1, 0.15) is 39.7 Å². The molecular formula is C16H18N6O2. The molecule has 0 atom stereocenters. The van der Waals surface area contributed by atoms with Crippen LogP contribution in [-0.2, 0) is 0 Å². The second-order valence-corrected chi connectivity index (χ2v) is 6.19. The molecule has 0 aliphatic carbocycles. The Morgan fingerprint density at radius 1 is 1.08 bits per heavy atom. The first-order chi connectivity index (χ1) is 11.7. The predicted molar refractivity (Wildman–Crippen MR) is 84.3 cm³/mol. The maximum atomic E-state index is 12.3. The van der Waals surface area contributed by atoms with Crippen molar-refractivity contribution in [2.45, 2.75) is 18.9 Å². The van der Waals surface area contributed by atoms with Crippen LogP contribution in [0.15, 0.2) is 30.7 Å². The third-order valence-electron chi connectivity index (χ3n) is 4.55. The Hall–Kier alpha value is -2.77. The minimum Gasteiger partial charge on any atom is -0.337 e. The van der Waals surface area contributed by atoms with Crippen molar-refractivity contribution < 1.29 is 9.59 Å². The van der Waals surface area contributed by atoms with E-state index in [-0.39, 0.29) is 17.9 Å². The quantitative estimate of drug-likeness (QED) is 0.825. The van der Waals surface area contributed by atoms with Gasteiger partial charge in [0.05, 0.1) is 17.8 Å². The molecule has 2 aromatic heterocycles. The van der Waals surface area contributed by atoms with Crippen LogP contribution in [0.25, 0.3) is 0 Å². The number of aromatic nitrogens is 4. The number of carbonyl (C=O) groups excluding carboxylic acids is 2. The Morgan fingerprint density at radius 3 is 2.58 bits per heavy atom. The fourth-order valence-corrected chi connectivity index (χ4v) is 3.10. The summed E-state index contributed by atoms with van der Waals surface area (Å²) >= 11 is 0. The summed E-state index contributed by atoms with van der Waals surface area (Å²) in [6, 6.07) is 3.57. The summed E-state index contributed by atoms with van der Waals surface area (Å²) in [5.74, 6) is -0.0887. The zero-order chi connectivity index (χ0) is 16.5. The van der Waals surface area contributed by atoms with Gasteiger partial charge in [0.2, 0.25) is 0 Å². The molecule has 0 bridgehead atoms. The van der Waals surface area contributed by atoms with Gasteiger partial charge in [0.1, 0.15) is 0 Å². The van der Waals surface area contributed by atoms with E-state index in [1.54, 1.807) is 40.3 Å². The molecule has 4 rings (SSSR count). The number of likely N-dealkylation sites (tertiary alicyclic amines) is 2. The molecule has 124 valence electrons. The molecule has 4 heterocycles. The zero-order valence-corrected chi connectivity index (χ0v) is 13.2. The highest BCUT2D eigenvalue weighted by molar-refractivity contribution is 5.94. The van der Waals surface area contributed by atoms with Crippen molar-refractivity contribution in [2.75, 3.05) is 26.2 Å². The lowest BCUT2D eigenvalue weighted by atomic mass is 10.1. The van der Waals surface area contributed by atoms with E-state index in [4.69, 9.17) is 0 Å². The second-order valence-electron chi connectivity index (χ2n) is 6.19. The van der Waals surface area contributed by atoms with Gasteiger partial charge in [-0.05, 0) is 25.0 Å². The number of rotatable bonds is 3. The van der Waals surface area contributed by atoms with Crippen molar-refractivity contribution in [1.82, 2.24) is 29.8 Å². The third kappa shape index (κ3) is 2.64. The number of amides is 2. The normalized spacial score (nSPS) is 17.8. The summed E-state index contributed by atoms with van der Waals surface area (Å²) in [6.45, 7) is 2.72. The number of hydrogen-bond acceptors (Lipinski definition) is 5. The van der Waals surface area contributed by atoms with Crippen LogP contribution in [0.5, 0.6) is 0 Å². The molecule has 2 saturated heterocycles. The summed E-state index contributed by atoms with van der Waals surface area (Å²) in [7, 11) is 0. The first-order valence-corrected chi connectivity index (χ1v) is 8.13. The first-order valence-electron chi connectivity index (χ1n) is 8.13. The monoisotopic (exact) mass is 326 g/mol. The summed E-state index contributed by atoms with van der Waals surface area (Å²) < 4.78 is 1.69. The molecule has 8 nitrogen and oxygen atoms in total. The lowest BCUT2D eigenvalue weighted by Gasteiger charge is -2.38. The van der Waals surface area contributed by atoms with Crippen LogP contribution in [0, 0.1) is 0 Å². The highest BCUT2D eigenvalue weighted by Crippen LogP contribution is 2.22. The minimum atomic E-state index is -0.0543. The molecule has 24 heavy (non-hydrogen) atoms. The van der Waals surface area contributed by atoms with Gasteiger partial charge in [-0.25, -0.2) is 4.68 Å². The molecule has 0 N–H and O–H groups in total. The molecule has 2 aromatic rings. The van der Waals surface area contributed by atoms with E-state index in [1.807, 2.05) is 4.90 Å². The fraction of sp³-hybridized carbons (Fsp3) is 0.438. The lowest BCUT2D eigenvalue weighted by molar-refractivity contribution is 0.0497. The van der Waals surface area contributed by atoms with Crippen LogP contribution in [-0.4, -0.2) is 67.8 Å². The summed E-state index contributed by atoms with van der Waals surface area (Å²) in [6.07, 6.45) is 7.00. The fourth-order valence-electron chi connectivity index (χ4n) is 3.10.